The minimum absolute atomic E-state index is 0.0142. The van der Waals surface area contributed by atoms with Crippen molar-refractivity contribution >= 4 is 35.8 Å². The Kier molecular flexibility index (Phi) is 19.3. The highest BCUT2D eigenvalue weighted by atomic mass is 16.6. The van der Waals surface area contributed by atoms with Gasteiger partial charge < -0.3 is 28.4 Å². The van der Waals surface area contributed by atoms with E-state index >= 15 is 0 Å². The fourth-order valence-corrected chi connectivity index (χ4v) is 7.94. The number of hydrogen-bond donors (Lipinski definition) is 0. The second-order valence-corrected chi connectivity index (χ2v) is 17.9. The first-order valence-electron chi connectivity index (χ1n) is 22.8. The molecule has 0 saturated heterocycles. The predicted octanol–water partition coefficient (Wildman–Crippen LogP) is 11.0. The van der Waals surface area contributed by atoms with Gasteiger partial charge >= 0.3 is 35.8 Å². The molecule has 0 unspecified atom stereocenters. The Morgan fingerprint density at radius 1 is 0.318 bits per heavy atom. The van der Waals surface area contributed by atoms with Crippen LogP contribution in [0, 0.1) is 0 Å². The number of hydrogen-bond acceptors (Lipinski definition) is 12. The molecule has 4 aromatic rings. The van der Waals surface area contributed by atoms with E-state index < -0.39 is 35.8 Å². The Morgan fingerprint density at radius 2 is 0.500 bits per heavy atom. The number of rotatable bonds is 21. The minimum Gasteiger partial charge on any atom is -0.462 e. The highest BCUT2D eigenvalue weighted by Crippen LogP contribution is 2.41. The molecule has 0 heterocycles. The van der Waals surface area contributed by atoms with Crippen molar-refractivity contribution in [1.29, 1.82) is 0 Å². The van der Waals surface area contributed by atoms with Crippen LogP contribution in [0.15, 0.2) is 72.8 Å². The zero-order valence-electron chi connectivity index (χ0n) is 40.5. The Morgan fingerprint density at radius 3 is 0.667 bits per heavy atom. The maximum atomic E-state index is 13.4. The van der Waals surface area contributed by atoms with Crippen LogP contribution in [-0.4, -0.2) is 73.9 Å². The van der Waals surface area contributed by atoms with Crippen molar-refractivity contribution in [3.63, 3.8) is 0 Å². The molecule has 0 N–H and O–H groups in total. The molecule has 4 rings (SSSR count). The second-order valence-electron chi connectivity index (χ2n) is 17.9. The summed E-state index contributed by atoms with van der Waals surface area (Å²) in [5.41, 5.74) is 8.12. The van der Waals surface area contributed by atoms with E-state index in [-0.39, 0.29) is 55.9 Å². The molecular weight excluding hydrogens is 841 g/mol. The summed E-state index contributed by atoms with van der Waals surface area (Å²) in [7, 11) is 0. The van der Waals surface area contributed by atoms with E-state index in [4.69, 9.17) is 28.4 Å². The van der Waals surface area contributed by atoms with Crippen LogP contribution >= 0.6 is 0 Å². The van der Waals surface area contributed by atoms with E-state index in [0.717, 1.165) is 33.4 Å². The van der Waals surface area contributed by atoms with Crippen LogP contribution < -0.4 is 0 Å². The van der Waals surface area contributed by atoms with Gasteiger partial charge in [-0.1, -0.05) is 41.5 Å². The van der Waals surface area contributed by atoms with E-state index in [1.165, 1.54) is 36.4 Å². The Bertz CT molecular complexity index is 2040. The van der Waals surface area contributed by atoms with E-state index in [1.54, 1.807) is 77.9 Å². The van der Waals surface area contributed by atoms with Gasteiger partial charge in [-0.15, -0.1) is 0 Å². The highest BCUT2D eigenvalue weighted by molar-refractivity contribution is 5.95. The van der Waals surface area contributed by atoms with E-state index in [9.17, 15) is 28.8 Å². The van der Waals surface area contributed by atoms with Gasteiger partial charge in [-0.05, 0) is 165 Å². The molecule has 12 nitrogen and oxygen atoms in total. The lowest BCUT2D eigenvalue weighted by molar-refractivity contribution is 0.0367. The van der Waals surface area contributed by atoms with Crippen molar-refractivity contribution in [2.45, 2.75) is 138 Å². The summed E-state index contributed by atoms with van der Waals surface area (Å²) < 4.78 is 33.5. The first-order valence-corrected chi connectivity index (χ1v) is 22.8. The van der Waals surface area contributed by atoms with Crippen LogP contribution in [0.1, 0.15) is 196 Å². The van der Waals surface area contributed by atoms with Gasteiger partial charge in [-0.2, -0.15) is 0 Å². The van der Waals surface area contributed by atoms with Gasteiger partial charge in [-0.3, -0.25) is 0 Å². The van der Waals surface area contributed by atoms with Gasteiger partial charge in [0.25, 0.3) is 0 Å². The number of carbonyl (C=O) groups is 6. The third kappa shape index (κ3) is 14.3. The van der Waals surface area contributed by atoms with E-state index in [1.807, 2.05) is 0 Å². The molecule has 354 valence electrons. The lowest BCUT2D eigenvalue weighted by Crippen LogP contribution is -2.21. The van der Waals surface area contributed by atoms with Crippen molar-refractivity contribution in [1.82, 2.24) is 0 Å². The van der Waals surface area contributed by atoms with E-state index in [2.05, 4.69) is 41.5 Å². The fraction of sp³-hybridized carbons (Fsp3) is 0.444. The molecule has 0 fully saturated rings. The van der Waals surface area contributed by atoms with Crippen LogP contribution in [-0.2, 0) is 47.7 Å². The van der Waals surface area contributed by atoms with Crippen LogP contribution in [0.5, 0.6) is 0 Å². The summed E-state index contributed by atoms with van der Waals surface area (Å²) in [4.78, 5) is 77.2. The van der Waals surface area contributed by atoms with E-state index in [0.29, 0.717) is 52.6 Å². The molecule has 0 spiro atoms. The molecule has 0 aliphatic carbocycles. The molecule has 0 amide bonds. The van der Waals surface area contributed by atoms with Crippen molar-refractivity contribution in [2.24, 2.45) is 0 Å². The highest BCUT2D eigenvalue weighted by Gasteiger charge is 2.28. The monoisotopic (exact) mass is 906 g/mol. The normalized spacial score (nSPS) is 11.4. The number of benzene rings is 4. The van der Waals surface area contributed by atoms with Crippen molar-refractivity contribution in [2.75, 3.05) is 19.8 Å². The molecule has 66 heavy (non-hydrogen) atoms. The zero-order chi connectivity index (χ0) is 48.8. The van der Waals surface area contributed by atoms with Crippen LogP contribution in [0.4, 0.5) is 0 Å². The topological polar surface area (TPSA) is 158 Å². The lowest BCUT2D eigenvalue weighted by atomic mass is 9.74. The Hall–Kier alpha value is -6.30. The summed E-state index contributed by atoms with van der Waals surface area (Å²) in [5, 5.41) is 0. The van der Waals surface area contributed by atoms with Crippen LogP contribution in [0.25, 0.3) is 0 Å². The van der Waals surface area contributed by atoms with Crippen molar-refractivity contribution in [3.05, 3.63) is 140 Å². The van der Waals surface area contributed by atoms with Crippen molar-refractivity contribution < 1.29 is 57.2 Å². The average Bonchev–Trinajstić information content (AvgIpc) is 3.25. The van der Waals surface area contributed by atoms with Gasteiger partial charge in [0.15, 0.2) is 0 Å². The van der Waals surface area contributed by atoms with Crippen molar-refractivity contribution in [3.8, 4) is 0 Å². The Labute approximate surface area is 389 Å². The number of ether oxygens (including phenoxy) is 6. The molecule has 0 atom stereocenters. The van der Waals surface area contributed by atoms with Gasteiger partial charge in [0.1, 0.15) is 0 Å². The summed E-state index contributed by atoms with van der Waals surface area (Å²) >= 11 is 0. The van der Waals surface area contributed by atoms with Gasteiger partial charge in [0.2, 0.25) is 0 Å². The smallest absolute Gasteiger partial charge is 0.338 e. The first kappa shape index (κ1) is 52.3. The largest absolute Gasteiger partial charge is 0.462 e. The standard InChI is InChI=1S/C54H66O12/c1-31(2)46-43(25-28-61-49(55)37-13-19-40(20-14-37)52(58)64-34(7)8)47(32(3)4)45(27-30-63-51(57)39-17-23-42(24-18-39)54(60)66-36(11)12)48(33(5)6)44(46)26-29-62-50(56)38-15-21-41(22-16-38)53(59)65-35(9)10/h13-24,31-36H,25-30H2,1-12H3. The van der Waals surface area contributed by atoms with Gasteiger partial charge in [0.05, 0.1) is 71.5 Å². The maximum Gasteiger partial charge on any atom is 0.338 e. The molecule has 0 saturated carbocycles. The zero-order valence-corrected chi connectivity index (χ0v) is 40.5. The molecule has 12 heteroatoms. The number of esters is 6. The lowest BCUT2D eigenvalue weighted by Gasteiger charge is -2.32. The molecule has 0 aliphatic heterocycles. The average molecular weight is 907 g/mol. The van der Waals surface area contributed by atoms with Gasteiger partial charge in [0, 0.05) is 19.3 Å². The molecular formula is C54H66O12. The molecule has 4 aromatic carbocycles. The summed E-state index contributed by atoms with van der Waals surface area (Å²) in [5.74, 6) is -3.01. The maximum absolute atomic E-state index is 13.4. The van der Waals surface area contributed by atoms with Crippen LogP contribution in [0.3, 0.4) is 0 Å². The van der Waals surface area contributed by atoms with Crippen LogP contribution in [0.2, 0.25) is 0 Å². The summed E-state index contributed by atoms with van der Waals surface area (Å²) in [6.07, 6.45) is 0.278. The van der Waals surface area contributed by atoms with Gasteiger partial charge in [-0.25, -0.2) is 28.8 Å². The molecule has 0 aliphatic rings. The molecule has 0 radical (unpaired) electrons. The quantitative estimate of drug-likeness (QED) is 0.0576. The third-order valence-electron chi connectivity index (χ3n) is 10.5. The predicted molar refractivity (Wildman–Crippen MR) is 252 cm³/mol. The first-order chi connectivity index (χ1) is 31.2. The second kappa shape index (κ2) is 24.3. The fourth-order valence-electron chi connectivity index (χ4n) is 7.94. The number of carbonyl (C=O) groups excluding carboxylic acids is 6. The molecule has 0 aromatic heterocycles. The molecule has 0 bridgehead atoms. The summed E-state index contributed by atoms with van der Waals surface area (Å²) in [6, 6.07) is 18.5. The summed E-state index contributed by atoms with van der Waals surface area (Å²) in [6.45, 7) is 23.4. The Balaban J connectivity index is 1.68. The minimum atomic E-state index is -0.538. The third-order valence-corrected chi connectivity index (χ3v) is 10.5. The SMILES string of the molecule is CC(C)OC(=O)c1ccc(C(=O)OCCc2c(C(C)C)c(CCOC(=O)c3ccc(C(=O)OC(C)C)cc3)c(C(C)C)c(CCOC(=O)c3ccc(C(=O)OC(C)C)cc3)c2C(C)C)cc1.